The van der Waals surface area contributed by atoms with Crippen LogP contribution in [0.4, 0.5) is 0 Å². The molecule has 5 nitrogen and oxygen atoms in total. The SMILES string of the molecule is O=C(c1cnc2ccccc2c1)N1CCC[C@H]1c1cccc2nccn12. The van der Waals surface area contributed by atoms with Gasteiger partial charge in [0.05, 0.1) is 17.1 Å². The Bertz CT molecular complexity index is 1120. The van der Waals surface area contributed by atoms with Gasteiger partial charge in [-0.2, -0.15) is 0 Å². The van der Waals surface area contributed by atoms with Crippen molar-refractivity contribution in [1.29, 1.82) is 0 Å². The summed E-state index contributed by atoms with van der Waals surface area (Å²) in [5.74, 6) is 0.0443. The van der Waals surface area contributed by atoms with E-state index >= 15 is 0 Å². The number of para-hydroxylation sites is 1. The van der Waals surface area contributed by atoms with Gasteiger partial charge in [0, 0.05) is 36.2 Å². The first-order chi connectivity index (χ1) is 12.8. The van der Waals surface area contributed by atoms with Crippen molar-refractivity contribution in [3.05, 3.63) is 78.4 Å². The largest absolute Gasteiger partial charge is 0.330 e. The second-order valence-electron chi connectivity index (χ2n) is 6.68. The van der Waals surface area contributed by atoms with E-state index in [9.17, 15) is 4.79 Å². The van der Waals surface area contributed by atoms with Crippen molar-refractivity contribution in [3.63, 3.8) is 0 Å². The van der Waals surface area contributed by atoms with Crippen molar-refractivity contribution in [3.8, 4) is 0 Å². The van der Waals surface area contributed by atoms with E-state index in [1.165, 1.54) is 0 Å². The van der Waals surface area contributed by atoms with Crippen molar-refractivity contribution in [2.75, 3.05) is 6.54 Å². The molecule has 4 heterocycles. The van der Waals surface area contributed by atoms with Crippen LogP contribution in [-0.2, 0) is 0 Å². The van der Waals surface area contributed by atoms with Gasteiger partial charge in [0.25, 0.3) is 5.91 Å². The van der Waals surface area contributed by atoms with Gasteiger partial charge in [-0.25, -0.2) is 4.98 Å². The highest BCUT2D eigenvalue weighted by atomic mass is 16.2. The molecule has 0 bridgehead atoms. The number of hydrogen-bond donors (Lipinski definition) is 0. The first-order valence-electron chi connectivity index (χ1n) is 8.89. The fraction of sp³-hybridized carbons (Fsp3) is 0.190. The van der Waals surface area contributed by atoms with Crippen molar-refractivity contribution in [2.24, 2.45) is 0 Å². The van der Waals surface area contributed by atoms with Gasteiger partial charge < -0.3 is 9.30 Å². The third-order valence-corrected chi connectivity index (χ3v) is 5.15. The molecule has 1 aromatic carbocycles. The van der Waals surface area contributed by atoms with Gasteiger partial charge in [0.2, 0.25) is 0 Å². The number of benzene rings is 1. The molecule has 4 aromatic rings. The average molecular weight is 342 g/mol. The molecular weight excluding hydrogens is 324 g/mol. The van der Waals surface area contributed by atoms with Crippen molar-refractivity contribution in [1.82, 2.24) is 19.3 Å². The van der Waals surface area contributed by atoms with Crippen LogP contribution in [0, 0.1) is 0 Å². The van der Waals surface area contributed by atoms with Gasteiger partial charge in [0.15, 0.2) is 0 Å². The molecule has 1 atom stereocenters. The number of amides is 1. The molecule has 1 amide bonds. The van der Waals surface area contributed by atoms with Gasteiger partial charge >= 0.3 is 0 Å². The van der Waals surface area contributed by atoms with E-state index in [2.05, 4.69) is 20.4 Å². The number of aromatic nitrogens is 3. The van der Waals surface area contributed by atoms with E-state index in [4.69, 9.17) is 0 Å². The molecule has 5 rings (SSSR count). The molecule has 0 unspecified atom stereocenters. The number of rotatable bonds is 2. The van der Waals surface area contributed by atoms with Gasteiger partial charge in [-0.3, -0.25) is 9.78 Å². The topological polar surface area (TPSA) is 50.5 Å². The lowest BCUT2D eigenvalue weighted by Gasteiger charge is -2.26. The van der Waals surface area contributed by atoms with Crippen LogP contribution >= 0.6 is 0 Å². The lowest BCUT2D eigenvalue weighted by Crippen LogP contribution is -2.31. The molecule has 1 saturated heterocycles. The molecule has 0 radical (unpaired) electrons. The Balaban J connectivity index is 1.53. The molecule has 1 fully saturated rings. The maximum Gasteiger partial charge on any atom is 0.256 e. The normalized spacial score (nSPS) is 17.2. The Morgan fingerprint density at radius 1 is 1.08 bits per heavy atom. The average Bonchev–Trinajstić information content (AvgIpc) is 3.36. The van der Waals surface area contributed by atoms with Gasteiger partial charge in [-0.1, -0.05) is 24.3 Å². The lowest BCUT2D eigenvalue weighted by molar-refractivity contribution is 0.0732. The minimum Gasteiger partial charge on any atom is -0.330 e. The van der Waals surface area contributed by atoms with Crippen LogP contribution < -0.4 is 0 Å². The summed E-state index contributed by atoms with van der Waals surface area (Å²) >= 11 is 0. The minimum absolute atomic E-state index is 0.0443. The quantitative estimate of drug-likeness (QED) is 0.556. The van der Waals surface area contributed by atoms with Crippen LogP contribution in [0.25, 0.3) is 16.6 Å². The summed E-state index contributed by atoms with van der Waals surface area (Å²) in [5.41, 5.74) is 3.58. The summed E-state index contributed by atoms with van der Waals surface area (Å²) in [6, 6.07) is 16.0. The van der Waals surface area contributed by atoms with Crippen LogP contribution in [0.2, 0.25) is 0 Å². The number of nitrogens with zero attached hydrogens (tertiary/aromatic N) is 4. The van der Waals surface area contributed by atoms with E-state index < -0.39 is 0 Å². The Hall–Kier alpha value is -3.21. The number of imidazole rings is 1. The van der Waals surface area contributed by atoms with E-state index in [1.54, 1.807) is 12.4 Å². The zero-order valence-corrected chi connectivity index (χ0v) is 14.2. The van der Waals surface area contributed by atoms with Gasteiger partial charge in [0.1, 0.15) is 5.65 Å². The van der Waals surface area contributed by atoms with Gasteiger partial charge in [-0.05, 0) is 37.1 Å². The highest BCUT2D eigenvalue weighted by molar-refractivity contribution is 5.97. The lowest BCUT2D eigenvalue weighted by atomic mass is 10.1. The molecule has 0 saturated carbocycles. The summed E-state index contributed by atoms with van der Waals surface area (Å²) in [6.45, 7) is 0.765. The van der Waals surface area contributed by atoms with Crippen LogP contribution in [0.1, 0.15) is 34.9 Å². The summed E-state index contributed by atoms with van der Waals surface area (Å²) in [6.07, 6.45) is 7.42. The van der Waals surface area contributed by atoms with E-state index in [0.717, 1.165) is 41.6 Å². The molecule has 26 heavy (non-hydrogen) atoms. The highest BCUT2D eigenvalue weighted by Crippen LogP contribution is 2.33. The molecule has 5 heteroatoms. The number of fused-ring (bicyclic) bond motifs is 2. The molecule has 128 valence electrons. The van der Waals surface area contributed by atoms with Crippen LogP contribution in [0.15, 0.2) is 67.1 Å². The Morgan fingerprint density at radius 2 is 2.00 bits per heavy atom. The fourth-order valence-corrected chi connectivity index (χ4v) is 3.91. The second-order valence-corrected chi connectivity index (χ2v) is 6.68. The van der Waals surface area contributed by atoms with Gasteiger partial charge in [-0.15, -0.1) is 0 Å². The number of carbonyl (C=O) groups excluding carboxylic acids is 1. The maximum atomic E-state index is 13.2. The molecular formula is C21H18N4O. The molecule has 0 spiro atoms. The van der Waals surface area contributed by atoms with Crippen molar-refractivity contribution in [2.45, 2.75) is 18.9 Å². The molecule has 1 aliphatic heterocycles. The van der Waals surface area contributed by atoms with E-state index in [-0.39, 0.29) is 11.9 Å². The van der Waals surface area contributed by atoms with Crippen LogP contribution in [0.3, 0.4) is 0 Å². The third-order valence-electron chi connectivity index (χ3n) is 5.15. The summed E-state index contributed by atoms with van der Waals surface area (Å²) in [7, 11) is 0. The summed E-state index contributed by atoms with van der Waals surface area (Å²) < 4.78 is 2.08. The van der Waals surface area contributed by atoms with Crippen LogP contribution in [0.5, 0.6) is 0 Å². The first kappa shape index (κ1) is 15.1. The second kappa shape index (κ2) is 5.95. The van der Waals surface area contributed by atoms with Crippen molar-refractivity contribution < 1.29 is 4.79 Å². The molecule has 1 aliphatic rings. The zero-order chi connectivity index (χ0) is 17.5. The Labute approximate surface area is 150 Å². The van der Waals surface area contributed by atoms with Crippen LogP contribution in [-0.4, -0.2) is 31.7 Å². The predicted octanol–water partition coefficient (Wildman–Crippen LogP) is 3.86. The number of hydrogen-bond acceptors (Lipinski definition) is 3. The van der Waals surface area contributed by atoms with Crippen molar-refractivity contribution >= 4 is 22.5 Å². The monoisotopic (exact) mass is 342 g/mol. The first-order valence-corrected chi connectivity index (χ1v) is 8.89. The molecule has 0 aliphatic carbocycles. The number of pyridine rings is 2. The number of carbonyl (C=O) groups is 1. The Kier molecular flexibility index (Phi) is 3.45. The third kappa shape index (κ3) is 2.36. The number of likely N-dealkylation sites (tertiary alicyclic amines) is 1. The molecule has 0 N–H and O–H groups in total. The fourth-order valence-electron chi connectivity index (χ4n) is 3.91. The zero-order valence-electron chi connectivity index (χ0n) is 14.2. The summed E-state index contributed by atoms with van der Waals surface area (Å²) in [5, 5.41) is 0.991. The minimum atomic E-state index is 0.0443. The highest BCUT2D eigenvalue weighted by Gasteiger charge is 2.32. The predicted molar refractivity (Wildman–Crippen MR) is 99.9 cm³/mol. The standard InChI is InChI=1S/C21H18N4O/c26-21(16-13-15-5-1-2-6-17(15)23-14-16)25-11-4-8-19(25)18-7-3-9-20-22-10-12-24(18)20/h1-3,5-7,9-10,12-14,19H,4,8,11H2/t19-/m0/s1. The van der Waals surface area contributed by atoms with E-state index in [0.29, 0.717) is 5.56 Å². The maximum absolute atomic E-state index is 13.2. The summed E-state index contributed by atoms with van der Waals surface area (Å²) in [4.78, 5) is 24.0. The smallest absolute Gasteiger partial charge is 0.256 e. The molecule has 3 aromatic heterocycles. The van der Waals surface area contributed by atoms with E-state index in [1.807, 2.05) is 53.6 Å². The Morgan fingerprint density at radius 3 is 2.96 bits per heavy atom.